The Balaban J connectivity index is 2.13. The molecule has 9 heteroatoms. The van der Waals surface area contributed by atoms with Gasteiger partial charge in [-0.2, -0.15) is 4.98 Å². The number of nitrogens with zero attached hydrogens (tertiary/aromatic N) is 4. The quantitative estimate of drug-likeness (QED) is 0.641. The molecule has 1 atom stereocenters. The number of rotatable bonds is 5. The molecule has 0 saturated carbocycles. The fourth-order valence-electron chi connectivity index (χ4n) is 2.75. The van der Waals surface area contributed by atoms with Crippen LogP contribution in [0, 0.1) is 0 Å². The summed E-state index contributed by atoms with van der Waals surface area (Å²) in [6.07, 6.45) is -0.562. The van der Waals surface area contributed by atoms with Crippen LogP contribution >= 0.6 is 15.9 Å². The van der Waals surface area contributed by atoms with Gasteiger partial charge in [0.1, 0.15) is 0 Å². The standard InChI is InChI=1S/C17H20BrN5O3/c1-10(24)8-19-16-20-14-13(21(16)2)15(25)23(17(26)22(14)3)9-11-4-6-12(18)7-5-11/h4-7,10,24H,8-9H2,1-3H3,(H,19,20)/t10-/m1/s1. The molecule has 0 fully saturated rings. The van der Waals surface area contributed by atoms with Gasteiger partial charge in [-0.3, -0.25) is 13.9 Å². The van der Waals surface area contributed by atoms with Crippen LogP contribution in [0.5, 0.6) is 0 Å². The van der Waals surface area contributed by atoms with Crippen molar-refractivity contribution < 1.29 is 5.11 Å². The second-order valence-corrected chi connectivity index (χ2v) is 7.17. The summed E-state index contributed by atoms with van der Waals surface area (Å²) >= 11 is 3.37. The maximum absolute atomic E-state index is 12.9. The number of aryl methyl sites for hydroxylation is 2. The van der Waals surface area contributed by atoms with E-state index in [-0.39, 0.29) is 13.1 Å². The van der Waals surface area contributed by atoms with Crippen LogP contribution in [0.3, 0.4) is 0 Å². The van der Waals surface area contributed by atoms with E-state index in [0.29, 0.717) is 17.1 Å². The zero-order valence-corrected chi connectivity index (χ0v) is 16.3. The van der Waals surface area contributed by atoms with Crippen molar-refractivity contribution in [3.05, 3.63) is 55.1 Å². The van der Waals surface area contributed by atoms with Crippen LogP contribution in [0.2, 0.25) is 0 Å². The zero-order chi connectivity index (χ0) is 19.0. The number of hydrogen-bond donors (Lipinski definition) is 2. The van der Waals surface area contributed by atoms with Gasteiger partial charge in [0.25, 0.3) is 5.56 Å². The summed E-state index contributed by atoms with van der Waals surface area (Å²) in [4.78, 5) is 30.0. The summed E-state index contributed by atoms with van der Waals surface area (Å²) < 4.78 is 5.10. The van der Waals surface area contributed by atoms with Crippen molar-refractivity contribution in [3.63, 3.8) is 0 Å². The molecule has 0 spiro atoms. The molecule has 3 aromatic rings. The molecule has 8 nitrogen and oxygen atoms in total. The van der Waals surface area contributed by atoms with E-state index in [2.05, 4.69) is 26.2 Å². The third kappa shape index (κ3) is 3.32. The third-order valence-corrected chi connectivity index (χ3v) is 4.70. The number of halogens is 1. The maximum Gasteiger partial charge on any atom is 0.332 e. The number of aromatic nitrogens is 4. The number of aliphatic hydroxyl groups excluding tert-OH is 1. The molecule has 0 aliphatic carbocycles. The lowest BCUT2D eigenvalue weighted by Gasteiger charge is -2.09. The Hall–Kier alpha value is -2.39. The minimum atomic E-state index is -0.562. The van der Waals surface area contributed by atoms with Crippen LogP contribution in [-0.2, 0) is 20.6 Å². The first kappa shape index (κ1) is 18.4. The highest BCUT2D eigenvalue weighted by Gasteiger charge is 2.18. The number of hydrogen-bond acceptors (Lipinski definition) is 5. The Morgan fingerprint density at radius 3 is 2.46 bits per heavy atom. The highest BCUT2D eigenvalue weighted by atomic mass is 79.9. The van der Waals surface area contributed by atoms with Crippen molar-refractivity contribution in [3.8, 4) is 0 Å². The average molecular weight is 422 g/mol. The number of aliphatic hydroxyl groups is 1. The van der Waals surface area contributed by atoms with Crippen LogP contribution in [-0.4, -0.2) is 36.4 Å². The molecule has 0 bridgehead atoms. The number of benzene rings is 1. The van der Waals surface area contributed by atoms with Gasteiger partial charge in [-0.25, -0.2) is 4.79 Å². The number of fused-ring (bicyclic) bond motifs is 1. The molecule has 2 N–H and O–H groups in total. The lowest BCUT2D eigenvalue weighted by atomic mass is 10.2. The van der Waals surface area contributed by atoms with Crippen molar-refractivity contribution in [2.45, 2.75) is 19.6 Å². The SMILES string of the molecule is C[C@@H](O)CNc1nc2c(c(=O)n(Cc3ccc(Br)cc3)c(=O)n2C)n1C. The molecule has 1 aromatic carbocycles. The molecular weight excluding hydrogens is 402 g/mol. The molecule has 0 aliphatic rings. The average Bonchev–Trinajstić information content (AvgIpc) is 2.93. The first-order valence-corrected chi connectivity index (χ1v) is 8.91. The van der Waals surface area contributed by atoms with Gasteiger partial charge in [-0.05, 0) is 24.6 Å². The van der Waals surface area contributed by atoms with Gasteiger partial charge in [0.2, 0.25) is 5.95 Å². The summed E-state index contributed by atoms with van der Waals surface area (Å²) in [6.45, 7) is 2.12. The molecule has 0 aliphatic heterocycles. The summed E-state index contributed by atoms with van der Waals surface area (Å²) in [5.41, 5.74) is 0.665. The van der Waals surface area contributed by atoms with Gasteiger partial charge in [-0.15, -0.1) is 0 Å². The molecule has 0 saturated heterocycles. The fraction of sp³-hybridized carbons (Fsp3) is 0.353. The van der Waals surface area contributed by atoms with Crippen LogP contribution in [0.25, 0.3) is 11.2 Å². The minimum Gasteiger partial charge on any atom is -0.392 e. The molecule has 2 aromatic heterocycles. The summed E-state index contributed by atoms with van der Waals surface area (Å²) in [7, 11) is 3.29. The molecule has 0 radical (unpaired) electrons. The fourth-order valence-corrected chi connectivity index (χ4v) is 3.02. The summed E-state index contributed by atoms with van der Waals surface area (Å²) in [6, 6.07) is 7.45. The summed E-state index contributed by atoms with van der Waals surface area (Å²) in [5, 5.41) is 12.4. The van der Waals surface area contributed by atoms with Crippen molar-refractivity contribution in [1.82, 2.24) is 18.7 Å². The van der Waals surface area contributed by atoms with E-state index < -0.39 is 17.4 Å². The molecule has 26 heavy (non-hydrogen) atoms. The minimum absolute atomic E-state index is 0.177. The van der Waals surface area contributed by atoms with E-state index in [1.54, 1.807) is 25.6 Å². The van der Waals surface area contributed by atoms with Gasteiger partial charge in [0.05, 0.1) is 12.6 Å². The topological polar surface area (TPSA) is 94.1 Å². The number of nitrogens with one attached hydrogen (secondary N) is 1. The van der Waals surface area contributed by atoms with Crippen molar-refractivity contribution in [1.29, 1.82) is 0 Å². The van der Waals surface area contributed by atoms with E-state index in [1.165, 1.54) is 9.13 Å². The smallest absolute Gasteiger partial charge is 0.332 e. The highest BCUT2D eigenvalue weighted by Crippen LogP contribution is 2.14. The largest absolute Gasteiger partial charge is 0.392 e. The first-order valence-electron chi connectivity index (χ1n) is 8.12. The van der Waals surface area contributed by atoms with Crippen molar-refractivity contribution in [2.75, 3.05) is 11.9 Å². The Kier molecular flexibility index (Phi) is 5.01. The van der Waals surface area contributed by atoms with E-state index in [9.17, 15) is 14.7 Å². The van der Waals surface area contributed by atoms with E-state index in [1.807, 2.05) is 24.3 Å². The Bertz CT molecular complexity index is 1060. The Morgan fingerprint density at radius 1 is 1.19 bits per heavy atom. The molecule has 2 heterocycles. The Labute approximate surface area is 157 Å². The lowest BCUT2D eigenvalue weighted by Crippen LogP contribution is -2.39. The summed E-state index contributed by atoms with van der Waals surface area (Å²) in [5.74, 6) is 0.425. The Morgan fingerprint density at radius 2 is 1.85 bits per heavy atom. The molecule has 138 valence electrons. The number of imidazole rings is 1. The van der Waals surface area contributed by atoms with Crippen molar-refractivity contribution in [2.24, 2.45) is 14.1 Å². The monoisotopic (exact) mass is 421 g/mol. The number of anilines is 1. The normalized spacial score (nSPS) is 12.5. The van der Waals surface area contributed by atoms with Crippen molar-refractivity contribution >= 4 is 33.0 Å². The predicted octanol–water partition coefficient (Wildman–Crippen LogP) is 1.04. The highest BCUT2D eigenvalue weighted by molar-refractivity contribution is 9.10. The second-order valence-electron chi connectivity index (χ2n) is 6.26. The van der Waals surface area contributed by atoms with Gasteiger partial charge >= 0.3 is 5.69 Å². The van der Waals surface area contributed by atoms with Crippen LogP contribution in [0.15, 0.2) is 38.3 Å². The van der Waals surface area contributed by atoms with Crippen LogP contribution in [0.4, 0.5) is 5.95 Å². The maximum atomic E-state index is 12.9. The zero-order valence-electron chi connectivity index (χ0n) is 14.7. The van der Waals surface area contributed by atoms with Gasteiger partial charge < -0.3 is 15.0 Å². The van der Waals surface area contributed by atoms with Crippen LogP contribution in [0.1, 0.15) is 12.5 Å². The lowest BCUT2D eigenvalue weighted by molar-refractivity contribution is 0.208. The van der Waals surface area contributed by atoms with Gasteiger partial charge in [0.15, 0.2) is 11.2 Å². The third-order valence-electron chi connectivity index (χ3n) is 4.17. The van der Waals surface area contributed by atoms with Gasteiger partial charge in [0, 0.05) is 25.1 Å². The second kappa shape index (κ2) is 7.08. The van der Waals surface area contributed by atoms with E-state index >= 15 is 0 Å². The molecule has 0 amide bonds. The molecular formula is C17H20BrN5O3. The van der Waals surface area contributed by atoms with E-state index in [0.717, 1.165) is 10.0 Å². The first-order chi connectivity index (χ1) is 12.3. The van der Waals surface area contributed by atoms with Crippen LogP contribution < -0.4 is 16.6 Å². The molecule has 0 unspecified atom stereocenters. The predicted molar refractivity (Wildman–Crippen MR) is 104 cm³/mol. The van der Waals surface area contributed by atoms with E-state index in [4.69, 9.17) is 0 Å². The van der Waals surface area contributed by atoms with Gasteiger partial charge in [-0.1, -0.05) is 28.1 Å². The molecule has 3 rings (SSSR count).